The number of hydrogen-bond acceptors (Lipinski definition) is 0. The highest BCUT2D eigenvalue weighted by Crippen LogP contribution is 2.05. The van der Waals surface area contributed by atoms with Crippen LogP contribution in [0.2, 0.25) is 5.82 Å². The molecular weight excluding hydrogens is 94.9 g/mol. The summed E-state index contributed by atoms with van der Waals surface area (Å²) in [6.07, 6.45) is 3.94. The molecule has 0 aliphatic carbocycles. The molecule has 0 bridgehead atoms. The predicted octanol–water partition coefficient (Wildman–Crippen LogP) is 2.08. The summed E-state index contributed by atoms with van der Waals surface area (Å²) in [4.78, 5) is 0. The van der Waals surface area contributed by atoms with Crippen LogP contribution in [-0.2, 0) is 0 Å². The summed E-state index contributed by atoms with van der Waals surface area (Å²) in [5.41, 5.74) is 2.69. The highest BCUT2D eigenvalue weighted by atomic mass is 13.9. The first kappa shape index (κ1) is 7.58. The zero-order valence-electron chi connectivity index (χ0n) is 5.35. The molecule has 0 aromatic carbocycles. The molecule has 0 saturated heterocycles. The Kier molecular flexibility index (Phi) is 4.49. The summed E-state index contributed by atoms with van der Waals surface area (Å²) in [5.74, 6) is 0.305. The quantitative estimate of drug-likeness (QED) is 0.381. The maximum atomic E-state index is 5.46. The molecule has 0 N–H and O–H groups in total. The Morgan fingerprint density at radius 2 is 2.50 bits per heavy atom. The number of allylic oxidation sites excluding steroid dienone is 1. The second-order valence-electron chi connectivity index (χ2n) is 1.96. The van der Waals surface area contributed by atoms with Crippen molar-refractivity contribution in [1.82, 2.24) is 0 Å². The van der Waals surface area contributed by atoms with Crippen LogP contribution in [-0.4, -0.2) is 7.85 Å². The fourth-order valence-electron chi connectivity index (χ4n) is 0.448. The minimum absolute atomic E-state index is 0.305. The molecule has 1 unspecified atom stereocenters. The third-order valence-electron chi connectivity index (χ3n) is 0.911. The normalized spacial score (nSPS) is 12.1. The van der Waals surface area contributed by atoms with E-state index in [1.54, 1.807) is 0 Å². The van der Waals surface area contributed by atoms with Gasteiger partial charge in [-0.3, -0.25) is 0 Å². The fraction of sp³-hybridized carbons (Fsp3) is 0.571. The van der Waals surface area contributed by atoms with Crippen molar-refractivity contribution >= 4 is 7.85 Å². The Labute approximate surface area is 52.7 Å². The first-order valence-electron chi connectivity index (χ1n) is 2.87. The lowest BCUT2D eigenvalue weighted by Gasteiger charge is -1.97. The van der Waals surface area contributed by atoms with Crippen molar-refractivity contribution in [3.63, 3.8) is 0 Å². The van der Waals surface area contributed by atoms with E-state index in [0.29, 0.717) is 5.82 Å². The van der Waals surface area contributed by atoms with Gasteiger partial charge in [-0.05, 0) is 12.5 Å². The Hall–Kier alpha value is -0.415. The van der Waals surface area contributed by atoms with Crippen LogP contribution in [0.25, 0.3) is 0 Å². The minimum atomic E-state index is 0.305. The molecule has 8 heavy (non-hydrogen) atoms. The first-order valence-corrected chi connectivity index (χ1v) is 2.87. The predicted molar refractivity (Wildman–Crippen MR) is 38.1 cm³/mol. The van der Waals surface area contributed by atoms with Crippen molar-refractivity contribution in [2.75, 3.05) is 0 Å². The van der Waals surface area contributed by atoms with E-state index in [4.69, 9.17) is 7.85 Å². The molecule has 2 radical (unpaired) electrons. The van der Waals surface area contributed by atoms with E-state index in [-0.39, 0.29) is 0 Å². The van der Waals surface area contributed by atoms with Gasteiger partial charge in [-0.15, -0.1) is 5.73 Å². The second kappa shape index (κ2) is 4.74. The van der Waals surface area contributed by atoms with Gasteiger partial charge < -0.3 is 0 Å². The lowest BCUT2D eigenvalue weighted by molar-refractivity contribution is 0.812. The van der Waals surface area contributed by atoms with Gasteiger partial charge in [0.25, 0.3) is 0 Å². The third kappa shape index (κ3) is 5.58. The van der Waals surface area contributed by atoms with Crippen molar-refractivity contribution in [3.8, 4) is 0 Å². The molecule has 42 valence electrons. The Morgan fingerprint density at radius 3 is 2.88 bits per heavy atom. The molecule has 0 saturated carbocycles. The molecule has 0 heterocycles. The average molecular weight is 106 g/mol. The summed E-state index contributed by atoms with van der Waals surface area (Å²) in [6, 6.07) is 0. The summed E-state index contributed by atoms with van der Waals surface area (Å²) < 4.78 is 0. The molecular formula is C7H11B. The van der Waals surface area contributed by atoms with Gasteiger partial charge in [0.1, 0.15) is 0 Å². The van der Waals surface area contributed by atoms with Crippen LogP contribution in [0, 0.1) is 0 Å². The maximum absolute atomic E-state index is 5.46. The summed E-state index contributed by atoms with van der Waals surface area (Å²) in [7, 11) is 5.46. The Balaban J connectivity index is 3.05. The molecule has 0 aromatic heterocycles. The van der Waals surface area contributed by atoms with E-state index in [1.165, 1.54) is 0 Å². The smallest absolute Gasteiger partial charge is 0.0695 e. The van der Waals surface area contributed by atoms with Crippen LogP contribution in [0.4, 0.5) is 0 Å². The minimum Gasteiger partial charge on any atom is -0.133 e. The highest BCUT2D eigenvalue weighted by Gasteiger charge is 1.87. The van der Waals surface area contributed by atoms with Gasteiger partial charge >= 0.3 is 0 Å². The standard InChI is InChI=1S/C7H11B/c1-3-4-5-6-7(2)8/h4,7H,1,5-6H2,2H3. The zero-order valence-corrected chi connectivity index (χ0v) is 5.35. The van der Waals surface area contributed by atoms with Gasteiger partial charge in [0.05, 0.1) is 7.85 Å². The largest absolute Gasteiger partial charge is 0.133 e. The van der Waals surface area contributed by atoms with E-state index < -0.39 is 0 Å². The van der Waals surface area contributed by atoms with E-state index in [1.807, 2.05) is 13.0 Å². The molecule has 0 amide bonds. The lowest BCUT2D eigenvalue weighted by Crippen LogP contribution is -1.81. The van der Waals surface area contributed by atoms with E-state index in [2.05, 4.69) is 12.3 Å². The average Bonchev–Trinajstić information content (AvgIpc) is 1.66. The summed E-state index contributed by atoms with van der Waals surface area (Å²) in [6.45, 7) is 5.43. The van der Waals surface area contributed by atoms with Gasteiger partial charge in [-0.2, -0.15) is 0 Å². The highest BCUT2D eigenvalue weighted by molar-refractivity contribution is 6.11. The molecule has 0 aliphatic rings. The number of rotatable bonds is 3. The van der Waals surface area contributed by atoms with Gasteiger partial charge in [-0.25, -0.2) is 0 Å². The molecule has 0 fully saturated rings. The third-order valence-corrected chi connectivity index (χ3v) is 0.911. The summed E-state index contributed by atoms with van der Waals surface area (Å²) in [5, 5.41) is 0. The van der Waals surface area contributed by atoms with E-state index in [0.717, 1.165) is 12.8 Å². The Bertz CT molecular complexity index is 88.6. The van der Waals surface area contributed by atoms with Crippen molar-refractivity contribution in [2.24, 2.45) is 0 Å². The lowest BCUT2D eigenvalue weighted by atomic mass is 9.86. The van der Waals surface area contributed by atoms with Crippen LogP contribution < -0.4 is 0 Å². The maximum Gasteiger partial charge on any atom is 0.0695 e. The SMILES string of the molecule is [B]C(C)CCC=C=C. The van der Waals surface area contributed by atoms with Crippen LogP contribution >= 0.6 is 0 Å². The van der Waals surface area contributed by atoms with Crippen LogP contribution in [0.15, 0.2) is 18.4 Å². The molecule has 0 nitrogen and oxygen atoms in total. The molecule has 0 aromatic rings. The molecule has 0 rings (SSSR count). The zero-order chi connectivity index (χ0) is 6.41. The van der Waals surface area contributed by atoms with E-state index in [9.17, 15) is 0 Å². The van der Waals surface area contributed by atoms with Crippen molar-refractivity contribution < 1.29 is 0 Å². The summed E-state index contributed by atoms with van der Waals surface area (Å²) >= 11 is 0. The molecule has 1 atom stereocenters. The Morgan fingerprint density at radius 1 is 1.88 bits per heavy atom. The van der Waals surface area contributed by atoms with Crippen LogP contribution in [0.1, 0.15) is 19.8 Å². The number of hydrogen-bond donors (Lipinski definition) is 0. The van der Waals surface area contributed by atoms with Gasteiger partial charge in [0, 0.05) is 0 Å². The van der Waals surface area contributed by atoms with Gasteiger partial charge in [0.15, 0.2) is 0 Å². The molecule has 1 heteroatoms. The fourth-order valence-corrected chi connectivity index (χ4v) is 0.448. The first-order chi connectivity index (χ1) is 3.77. The van der Waals surface area contributed by atoms with Gasteiger partial charge in [-0.1, -0.05) is 25.7 Å². The van der Waals surface area contributed by atoms with Crippen molar-refractivity contribution in [3.05, 3.63) is 18.4 Å². The van der Waals surface area contributed by atoms with Gasteiger partial charge in [0.2, 0.25) is 0 Å². The monoisotopic (exact) mass is 106 g/mol. The van der Waals surface area contributed by atoms with Crippen LogP contribution in [0.5, 0.6) is 0 Å². The van der Waals surface area contributed by atoms with Crippen LogP contribution in [0.3, 0.4) is 0 Å². The topological polar surface area (TPSA) is 0 Å². The van der Waals surface area contributed by atoms with E-state index >= 15 is 0 Å². The van der Waals surface area contributed by atoms with Crippen molar-refractivity contribution in [1.29, 1.82) is 0 Å². The second-order valence-corrected chi connectivity index (χ2v) is 1.96. The molecule has 0 spiro atoms. The molecule has 0 aliphatic heterocycles. The van der Waals surface area contributed by atoms with Crippen molar-refractivity contribution in [2.45, 2.75) is 25.6 Å².